The first-order valence-corrected chi connectivity index (χ1v) is 8.49. The molecule has 1 fully saturated rings. The Bertz CT molecular complexity index is 676. The molecule has 0 unspecified atom stereocenters. The Morgan fingerprint density at radius 2 is 1.79 bits per heavy atom. The smallest absolute Gasteiger partial charge is 0.224 e. The van der Waals surface area contributed by atoms with Gasteiger partial charge in [-0.05, 0) is 36.6 Å². The van der Waals surface area contributed by atoms with Crippen LogP contribution in [0.15, 0.2) is 48.5 Å². The van der Waals surface area contributed by atoms with Crippen LogP contribution in [0.25, 0.3) is 0 Å². The van der Waals surface area contributed by atoms with Gasteiger partial charge < -0.3 is 15.0 Å². The van der Waals surface area contributed by atoms with Crippen LogP contribution in [0.1, 0.15) is 24.0 Å². The van der Waals surface area contributed by atoms with E-state index in [9.17, 15) is 4.79 Å². The van der Waals surface area contributed by atoms with Gasteiger partial charge in [-0.2, -0.15) is 0 Å². The van der Waals surface area contributed by atoms with Gasteiger partial charge in [-0.1, -0.05) is 30.3 Å². The number of para-hydroxylation sites is 1. The average Bonchev–Trinajstić information content (AvgIpc) is 3.15. The highest BCUT2D eigenvalue weighted by Crippen LogP contribution is 2.20. The van der Waals surface area contributed by atoms with E-state index in [1.807, 2.05) is 24.3 Å². The van der Waals surface area contributed by atoms with Gasteiger partial charge in [-0.3, -0.25) is 4.79 Å². The second kappa shape index (κ2) is 7.86. The molecule has 0 atom stereocenters. The number of hydrogen-bond acceptors (Lipinski definition) is 3. The van der Waals surface area contributed by atoms with E-state index in [4.69, 9.17) is 4.74 Å². The fraction of sp³-hybridized carbons (Fsp3) is 0.350. The van der Waals surface area contributed by atoms with Crippen molar-refractivity contribution in [3.8, 4) is 5.75 Å². The lowest BCUT2D eigenvalue weighted by Gasteiger charge is -2.17. The molecule has 1 amide bonds. The van der Waals surface area contributed by atoms with Crippen LogP contribution in [0.5, 0.6) is 5.75 Å². The predicted octanol–water partition coefficient (Wildman–Crippen LogP) is 3.15. The average molecular weight is 324 g/mol. The van der Waals surface area contributed by atoms with Crippen LogP contribution in [-0.4, -0.2) is 26.1 Å². The molecular formula is C20H24N2O2. The number of nitrogens with one attached hydrogen (secondary N) is 1. The molecule has 1 aliphatic heterocycles. The van der Waals surface area contributed by atoms with E-state index in [-0.39, 0.29) is 5.91 Å². The molecule has 4 heteroatoms. The van der Waals surface area contributed by atoms with E-state index in [0.717, 1.165) is 30.0 Å². The van der Waals surface area contributed by atoms with Gasteiger partial charge in [0, 0.05) is 30.9 Å². The van der Waals surface area contributed by atoms with Crippen molar-refractivity contribution in [2.45, 2.75) is 25.8 Å². The fourth-order valence-electron chi connectivity index (χ4n) is 3.09. The molecule has 0 spiro atoms. The molecule has 126 valence electrons. The maximum absolute atomic E-state index is 12.2. The fourth-order valence-corrected chi connectivity index (χ4v) is 3.09. The summed E-state index contributed by atoms with van der Waals surface area (Å²) in [5.41, 5.74) is 3.30. The third-order valence-corrected chi connectivity index (χ3v) is 4.44. The summed E-state index contributed by atoms with van der Waals surface area (Å²) in [5.74, 6) is 0.755. The monoisotopic (exact) mass is 324 g/mol. The molecule has 0 saturated carbocycles. The Morgan fingerprint density at radius 1 is 1.08 bits per heavy atom. The quantitative estimate of drug-likeness (QED) is 0.887. The number of nitrogens with zero attached hydrogens (tertiary/aromatic N) is 1. The normalized spacial score (nSPS) is 13.8. The zero-order valence-electron chi connectivity index (χ0n) is 14.1. The number of carbonyl (C=O) groups excluding carboxylic acids is 1. The van der Waals surface area contributed by atoms with Gasteiger partial charge in [0.25, 0.3) is 0 Å². The van der Waals surface area contributed by atoms with E-state index in [1.54, 1.807) is 7.11 Å². The number of ether oxygens (including phenoxy) is 1. The van der Waals surface area contributed by atoms with E-state index >= 15 is 0 Å². The van der Waals surface area contributed by atoms with Gasteiger partial charge in [-0.15, -0.1) is 0 Å². The zero-order chi connectivity index (χ0) is 16.8. The van der Waals surface area contributed by atoms with E-state index < -0.39 is 0 Å². The Hall–Kier alpha value is -2.49. The molecule has 2 aromatic carbocycles. The molecule has 1 N–H and O–H groups in total. The van der Waals surface area contributed by atoms with Crippen molar-refractivity contribution in [3.63, 3.8) is 0 Å². The molecular weight excluding hydrogens is 300 g/mol. The van der Waals surface area contributed by atoms with Gasteiger partial charge in [0.1, 0.15) is 5.75 Å². The molecule has 2 aromatic rings. The SMILES string of the molecule is COc1ccccc1CC(=O)NCc1ccc(N2CCCC2)cc1. The van der Waals surface area contributed by atoms with Gasteiger partial charge in [0.15, 0.2) is 0 Å². The number of rotatable bonds is 6. The Kier molecular flexibility index (Phi) is 5.36. The molecule has 0 aromatic heterocycles. The molecule has 1 saturated heterocycles. The topological polar surface area (TPSA) is 41.6 Å². The van der Waals surface area contributed by atoms with Gasteiger partial charge >= 0.3 is 0 Å². The number of benzene rings is 2. The van der Waals surface area contributed by atoms with Gasteiger partial charge in [0.05, 0.1) is 13.5 Å². The van der Waals surface area contributed by atoms with Crippen molar-refractivity contribution in [2.75, 3.05) is 25.1 Å². The molecule has 1 aliphatic rings. The number of methoxy groups -OCH3 is 1. The lowest BCUT2D eigenvalue weighted by Crippen LogP contribution is -2.24. The van der Waals surface area contributed by atoms with Crippen LogP contribution in [-0.2, 0) is 17.8 Å². The number of anilines is 1. The molecule has 4 nitrogen and oxygen atoms in total. The number of amides is 1. The van der Waals surface area contributed by atoms with E-state index in [2.05, 4.69) is 34.5 Å². The highest BCUT2D eigenvalue weighted by atomic mass is 16.5. The van der Waals surface area contributed by atoms with Gasteiger partial charge in [-0.25, -0.2) is 0 Å². The first-order valence-electron chi connectivity index (χ1n) is 8.49. The van der Waals surface area contributed by atoms with Gasteiger partial charge in [0.2, 0.25) is 5.91 Å². The zero-order valence-corrected chi connectivity index (χ0v) is 14.1. The first-order chi connectivity index (χ1) is 11.8. The molecule has 0 bridgehead atoms. The minimum atomic E-state index is 0.00289. The van der Waals surface area contributed by atoms with Crippen LogP contribution in [0.2, 0.25) is 0 Å². The lowest BCUT2D eigenvalue weighted by molar-refractivity contribution is -0.120. The van der Waals surface area contributed by atoms with Crippen molar-refractivity contribution >= 4 is 11.6 Å². The van der Waals surface area contributed by atoms with Crippen molar-refractivity contribution in [1.82, 2.24) is 5.32 Å². The lowest BCUT2D eigenvalue weighted by atomic mass is 10.1. The third-order valence-electron chi connectivity index (χ3n) is 4.44. The minimum Gasteiger partial charge on any atom is -0.496 e. The van der Waals surface area contributed by atoms with Crippen LogP contribution in [0.3, 0.4) is 0 Å². The van der Waals surface area contributed by atoms with Crippen molar-refractivity contribution in [2.24, 2.45) is 0 Å². The minimum absolute atomic E-state index is 0.00289. The largest absolute Gasteiger partial charge is 0.496 e. The van der Waals surface area contributed by atoms with Crippen molar-refractivity contribution in [3.05, 3.63) is 59.7 Å². The summed E-state index contributed by atoms with van der Waals surface area (Å²) < 4.78 is 5.29. The summed E-state index contributed by atoms with van der Waals surface area (Å²) in [6.07, 6.45) is 2.89. The number of hydrogen-bond donors (Lipinski definition) is 1. The first kappa shape index (κ1) is 16.4. The molecule has 0 aliphatic carbocycles. The highest BCUT2D eigenvalue weighted by Gasteiger charge is 2.12. The van der Waals surface area contributed by atoms with E-state index in [1.165, 1.54) is 18.5 Å². The number of carbonyl (C=O) groups is 1. The summed E-state index contributed by atoms with van der Waals surface area (Å²) in [4.78, 5) is 14.6. The maximum Gasteiger partial charge on any atom is 0.224 e. The van der Waals surface area contributed by atoms with E-state index in [0.29, 0.717) is 13.0 Å². The van der Waals surface area contributed by atoms with Crippen LogP contribution < -0.4 is 15.0 Å². The molecule has 24 heavy (non-hydrogen) atoms. The third kappa shape index (κ3) is 4.07. The molecule has 3 rings (SSSR count). The maximum atomic E-state index is 12.2. The Balaban J connectivity index is 1.52. The standard InChI is InChI=1S/C20H24N2O2/c1-24-19-7-3-2-6-17(19)14-20(23)21-15-16-8-10-18(11-9-16)22-12-4-5-13-22/h2-3,6-11H,4-5,12-15H2,1H3,(H,21,23). The second-order valence-corrected chi connectivity index (χ2v) is 6.13. The van der Waals surface area contributed by atoms with Crippen LogP contribution >= 0.6 is 0 Å². The molecule has 1 heterocycles. The summed E-state index contributed by atoms with van der Waals surface area (Å²) in [7, 11) is 1.62. The Labute approximate surface area is 143 Å². The predicted molar refractivity (Wildman–Crippen MR) is 96.4 cm³/mol. The summed E-state index contributed by atoms with van der Waals surface area (Å²) in [5, 5.41) is 2.98. The Morgan fingerprint density at radius 3 is 2.50 bits per heavy atom. The summed E-state index contributed by atoms with van der Waals surface area (Å²) >= 11 is 0. The summed E-state index contributed by atoms with van der Waals surface area (Å²) in [6.45, 7) is 2.85. The van der Waals surface area contributed by atoms with Crippen LogP contribution in [0.4, 0.5) is 5.69 Å². The highest BCUT2D eigenvalue weighted by molar-refractivity contribution is 5.79. The van der Waals surface area contributed by atoms with Crippen molar-refractivity contribution in [1.29, 1.82) is 0 Å². The van der Waals surface area contributed by atoms with Crippen molar-refractivity contribution < 1.29 is 9.53 Å². The second-order valence-electron chi connectivity index (χ2n) is 6.13. The van der Waals surface area contributed by atoms with Crippen LogP contribution in [0, 0.1) is 0 Å². The molecule has 0 radical (unpaired) electrons. The summed E-state index contributed by atoms with van der Waals surface area (Å²) in [6, 6.07) is 16.1.